The van der Waals surface area contributed by atoms with Gasteiger partial charge in [-0.2, -0.15) is 0 Å². The Morgan fingerprint density at radius 2 is 1.75 bits per heavy atom. The van der Waals surface area contributed by atoms with E-state index in [0.29, 0.717) is 16.6 Å². The second-order valence-electron chi connectivity index (χ2n) is 4.11. The number of para-hydroxylation sites is 1. The van der Waals surface area contributed by atoms with Crippen LogP contribution in [0.1, 0.15) is 10.4 Å². The van der Waals surface area contributed by atoms with E-state index in [0.717, 1.165) is 5.56 Å². The van der Waals surface area contributed by atoms with Crippen molar-refractivity contribution in [2.45, 2.75) is 0 Å². The van der Waals surface area contributed by atoms with Crippen LogP contribution in [0.25, 0.3) is 22.2 Å². The van der Waals surface area contributed by atoms with Crippen LogP contribution in [-0.2, 0) is 0 Å². The smallest absolute Gasteiger partial charge is 0.336 e. The van der Waals surface area contributed by atoms with E-state index >= 15 is 0 Å². The van der Waals surface area contributed by atoms with Gasteiger partial charge in [0.1, 0.15) is 0 Å². The molecule has 0 fully saturated rings. The largest absolute Gasteiger partial charge is 0.478 e. The first kappa shape index (κ1) is 14.0. The van der Waals surface area contributed by atoms with Gasteiger partial charge in [-0.05, 0) is 24.3 Å². The standard InChI is InChI=1S/C15H10N2O2.ClH/c18-15(19)12-9-14(10-5-7-16-8-6-10)17-13-4-2-1-3-11(12)13;/h1-9H,(H,18,19);1H. The van der Waals surface area contributed by atoms with Crippen molar-refractivity contribution >= 4 is 29.3 Å². The number of fused-ring (bicyclic) bond motifs is 1. The Hall–Kier alpha value is -2.46. The van der Waals surface area contributed by atoms with Crippen LogP contribution < -0.4 is 0 Å². The lowest BCUT2D eigenvalue weighted by Gasteiger charge is -2.06. The molecule has 2 heterocycles. The van der Waals surface area contributed by atoms with Gasteiger partial charge in [0, 0.05) is 23.3 Å². The molecule has 4 nitrogen and oxygen atoms in total. The highest BCUT2D eigenvalue weighted by molar-refractivity contribution is 6.03. The second-order valence-corrected chi connectivity index (χ2v) is 4.11. The zero-order valence-electron chi connectivity index (χ0n) is 10.4. The summed E-state index contributed by atoms with van der Waals surface area (Å²) < 4.78 is 0. The number of aromatic carboxylic acids is 1. The minimum Gasteiger partial charge on any atom is -0.478 e. The van der Waals surface area contributed by atoms with Crippen molar-refractivity contribution in [1.82, 2.24) is 9.97 Å². The third-order valence-corrected chi connectivity index (χ3v) is 2.92. The van der Waals surface area contributed by atoms with Crippen LogP contribution in [0.3, 0.4) is 0 Å². The highest BCUT2D eigenvalue weighted by Gasteiger charge is 2.12. The Balaban J connectivity index is 0.00000147. The molecule has 0 aliphatic rings. The molecule has 0 saturated heterocycles. The molecule has 0 aliphatic heterocycles. The van der Waals surface area contributed by atoms with Gasteiger partial charge in [0.15, 0.2) is 0 Å². The van der Waals surface area contributed by atoms with Gasteiger partial charge in [0.25, 0.3) is 0 Å². The molecule has 3 aromatic rings. The van der Waals surface area contributed by atoms with E-state index in [-0.39, 0.29) is 18.0 Å². The maximum atomic E-state index is 11.4. The van der Waals surface area contributed by atoms with Gasteiger partial charge in [-0.15, -0.1) is 12.4 Å². The fourth-order valence-corrected chi connectivity index (χ4v) is 2.02. The number of aromatic nitrogens is 2. The Kier molecular flexibility index (Phi) is 3.96. The van der Waals surface area contributed by atoms with Crippen LogP contribution in [0.2, 0.25) is 0 Å². The molecular formula is C15H11ClN2O2. The maximum Gasteiger partial charge on any atom is 0.336 e. The number of pyridine rings is 2. The fourth-order valence-electron chi connectivity index (χ4n) is 2.02. The van der Waals surface area contributed by atoms with Gasteiger partial charge in [-0.3, -0.25) is 4.98 Å². The molecule has 1 N–H and O–H groups in total. The molecule has 100 valence electrons. The van der Waals surface area contributed by atoms with Crippen molar-refractivity contribution in [1.29, 1.82) is 0 Å². The topological polar surface area (TPSA) is 63.1 Å². The van der Waals surface area contributed by atoms with Crippen LogP contribution in [0.4, 0.5) is 0 Å². The summed E-state index contributed by atoms with van der Waals surface area (Å²) in [5, 5.41) is 9.96. The second kappa shape index (κ2) is 5.67. The molecule has 1 aromatic carbocycles. The summed E-state index contributed by atoms with van der Waals surface area (Å²) in [4.78, 5) is 19.8. The molecule has 0 radical (unpaired) electrons. The lowest BCUT2D eigenvalue weighted by Crippen LogP contribution is -2.00. The summed E-state index contributed by atoms with van der Waals surface area (Å²) in [5.41, 5.74) is 2.42. The summed E-state index contributed by atoms with van der Waals surface area (Å²) in [6.45, 7) is 0. The zero-order valence-corrected chi connectivity index (χ0v) is 11.2. The highest BCUT2D eigenvalue weighted by atomic mass is 35.5. The third kappa shape index (κ3) is 2.46. The molecule has 0 spiro atoms. The molecule has 0 unspecified atom stereocenters. The molecule has 0 aliphatic carbocycles. The van der Waals surface area contributed by atoms with Crippen LogP contribution in [0.15, 0.2) is 54.9 Å². The Labute approximate surface area is 121 Å². The first-order chi connectivity index (χ1) is 9.25. The first-order valence-electron chi connectivity index (χ1n) is 5.79. The average Bonchev–Trinajstić information content (AvgIpc) is 2.47. The van der Waals surface area contributed by atoms with Gasteiger partial charge in [0.05, 0.1) is 16.8 Å². The number of hydrogen-bond acceptors (Lipinski definition) is 3. The molecular weight excluding hydrogens is 276 g/mol. The zero-order chi connectivity index (χ0) is 13.2. The quantitative estimate of drug-likeness (QED) is 0.784. The van der Waals surface area contributed by atoms with Crippen LogP contribution >= 0.6 is 12.4 Å². The van der Waals surface area contributed by atoms with Crippen molar-refractivity contribution in [3.05, 3.63) is 60.4 Å². The van der Waals surface area contributed by atoms with Crippen molar-refractivity contribution in [2.75, 3.05) is 0 Å². The number of carboxylic acid groups (broad SMARTS) is 1. The number of rotatable bonds is 2. The van der Waals surface area contributed by atoms with Gasteiger partial charge in [0.2, 0.25) is 0 Å². The Morgan fingerprint density at radius 3 is 2.45 bits per heavy atom. The summed E-state index contributed by atoms with van der Waals surface area (Å²) in [6, 6.07) is 12.4. The van der Waals surface area contributed by atoms with Crippen LogP contribution in [0, 0.1) is 0 Å². The van der Waals surface area contributed by atoms with Crippen molar-refractivity contribution < 1.29 is 9.90 Å². The number of carboxylic acids is 1. The van der Waals surface area contributed by atoms with Gasteiger partial charge in [-0.1, -0.05) is 18.2 Å². The van der Waals surface area contributed by atoms with E-state index in [9.17, 15) is 9.90 Å². The summed E-state index contributed by atoms with van der Waals surface area (Å²) in [6.07, 6.45) is 3.32. The molecule has 0 amide bonds. The van der Waals surface area contributed by atoms with E-state index in [1.165, 1.54) is 0 Å². The SMILES string of the molecule is Cl.O=C(O)c1cc(-c2ccncc2)nc2ccccc12. The van der Waals surface area contributed by atoms with Gasteiger partial charge >= 0.3 is 5.97 Å². The summed E-state index contributed by atoms with van der Waals surface area (Å²) in [7, 11) is 0. The molecule has 2 aromatic heterocycles. The number of halogens is 1. The molecule has 0 bridgehead atoms. The van der Waals surface area contributed by atoms with Gasteiger partial charge in [-0.25, -0.2) is 9.78 Å². The predicted molar refractivity (Wildman–Crippen MR) is 79.2 cm³/mol. The predicted octanol–water partition coefficient (Wildman–Crippen LogP) is 3.42. The summed E-state index contributed by atoms with van der Waals surface area (Å²) >= 11 is 0. The molecule has 20 heavy (non-hydrogen) atoms. The first-order valence-corrected chi connectivity index (χ1v) is 5.79. The normalized spacial score (nSPS) is 10.0. The van der Waals surface area contributed by atoms with Crippen molar-refractivity contribution in [3.8, 4) is 11.3 Å². The molecule has 5 heteroatoms. The third-order valence-electron chi connectivity index (χ3n) is 2.92. The Morgan fingerprint density at radius 1 is 1.05 bits per heavy atom. The molecule has 0 atom stereocenters. The number of nitrogens with zero attached hydrogens (tertiary/aromatic N) is 2. The lowest BCUT2D eigenvalue weighted by atomic mass is 10.0. The summed E-state index contributed by atoms with van der Waals surface area (Å²) in [5.74, 6) is -0.950. The maximum absolute atomic E-state index is 11.4. The number of carbonyl (C=O) groups is 1. The fraction of sp³-hybridized carbons (Fsp3) is 0. The van der Waals surface area contributed by atoms with E-state index in [1.54, 1.807) is 24.5 Å². The van der Waals surface area contributed by atoms with Crippen molar-refractivity contribution in [3.63, 3.8) is 0 Å². The van der Waals surface area contributed by atoms with E-state index in [4.69, 9.17) is 0 Å². The lowest BCUT2D eigenvalue weighted by molar-refractivity contribution is 0.0699. The van der Waals surface area contributed by atoms with E-state index in [1.807, 2.05) is 30.3 Å². The average molecular weight is 287 g/mol. The number of benzene rings is 1. The van der Waals surface area contributed by atoms with Crippen LogP contribution in [0.5, 0.6) is 0 Å². The molecule has 0 saturated carbocycles. The van der Waals surface area contributed by atoms with Gasteiger partial charge < -0.3 is 5.11 Å². The van der Waals surface area contributed by atoms with Crippen molar-refractivity contribution in [2.24, 2.45) is 0 Å². The minimum atomic E-state index is -0.950. The number of hydrogen-bond donors (Lipinski definition) is 1. The minimum absolute atomic E-state index is 0. The Bertz CT molecular complexity index is 760. The molecule has 3 rings (SSSR count). The van der Waals surface area contributed by atoms with E-state index < -0.39 is 5.97 Å². The highest BCUT2D eigenvalue weighted by Crippen LogP contribution is 2.24. The monoisotopic (exact) mass is 286 g/mol. The van der Waals surface area contributed by atoms with Crippen LogP contribution in [-0.4, -0.2) is 21.0 Å². The van der Waals surface area contributed by atoms with E-state index in [2.05, 4.69) is 9.97 Å².